The van der Waals surface area contributed by atoms with E-state index in [1.54, 1.807) is 18.2 Å². The summed E-state index contributed by atoms with van der Waals surface area (Å²) in [7, 11) is 0. The van der Waals surface area contributed by atoms with Gasteiger partial charge < -0.3 is 4.74 Å². The second-order valence-electron chi connectivity index (χ2n) is 3.66. The Bertz CT molecular complexity index is 547. The van der Waals surface area contributed by atoms with Crippen LogP contribution in [0.3, 0.4) is 0 Å². The van der Waals surface area contributed by atoms with E-state index in [4.69, 9.17) is 16.3 Å². The Hall–Kier alpha value is -1.53. The number of fused-ring (bicyclic) bond motifs is 1. The summed E-state index contributed by atoms with van der Waals surface area (Å²) in [5.74, 6) is -0.937. The lowest BCUT2D eigenvalue weighted by Gasteiger charge is -2.05. The minimum atomic E-state index is -0.478. The van der Waals surface area contributed by atoms with E-state index >= 15 is 0 Å². The number of benzene rings is 1. The van der Waals surface area contributed by atoms with Crippen molar-refractivity contribution in [3.63, 3.8) is 0 Å². The van der Waals surface area contributed by atoms with Gasteiger partial charge in [-0.2, -0.15) is 0 Å². The van der Waals surface area contributed by atoms with Crippen molar-refractivity contribution in [2.75, 3.05) is 18.2 Å². The standard InChI is InChI=1S/C12H10ClNO4S/c13-6-9(15)18-4-5-19-8-3-1-2-7-10(8)12(17)14-11(7)16/h1-3H,4-6H2,(H,14,16,17). The molecule has 0 aromatic heterocycles. The van der Waals surface area contributed by atoms with Crippen LogP contribution in [-0.4, -0.2) is 36.0 Å². The molecule has 1 aromatic carbocycles. The summed E-state index contributed by atoms with van der Waals surface area (Å²) in [6.07, 6.45) is 0. The van der Waals surface area contributed by atoms with Gasteiger partial charge in [-0.05, 0) is 12.1 Å². The van der Waals surface area contributed by atoms with Crippen molar-refractivity contribution in [3.05, 3.63) is 29.3 Å². The van der Waals surface area contributed by atoms with E-state index in [1.165, 1.54) is 11.8 Å². The molecule has 2 rings (SSSR count). The topological polar surface area (TPSA) is 72.5 Å². The molecule has 7 heteroatoms. The second-order valence-corrected chi connectivity index (χ2v) is 5.07. The maximum Gasteiger partial charge on any atom is 0.320 e. The van der Waals surface area contributed by atoms with Crippen LogP contribution in [0.4, 0.5) is 0 Å². The molecule has 1 aliphatic rings. The van der Waals surface area contributed by atoms with Gasteiger partial charge in [-0.3, -0.25) is 19.7 Å². The van der Waals surface area contributed by atoms with Gasteiger partial charge in [0.15, 0.2) is 0 Å². The Morgan fingerprint density at radius 3 is 2.84 bits per heavy atom. The molecule has 1 aliphatic heterocycles. The first kappa shape index (κ1) is 13.9. The number of esters is 1. The van der Waals surface area contributed by atoms with Crippen LogP contribution < -0.4 is 5.32 Å². The van der Waals surface area contributed by atoms with Gasteiger partial charge in [0, 0.05) is 10.6 Å². The molecule has 0 spiro atoms. The third-order valence-corrected chi connectivity index (χ3v) is 3.68. The zero-order valence-electron chi connectivity index (χ0n) is 9.77. The van der Waals surface area contributed by atoms with E-state index < -0.39 is 5.97 Å². The molecule has 5 nitrogen and oxygen atoms in total. The summed E-state index contributed by atoms with van der Waals surface area (Å²) >= 11 is 6.64. The molecule has 1 heterocycles. The number of carbonyl (C=O) groups excluding carboxylic acids is 3. The van der Waals surface area contributed by atoms with Crippen LogP contribution in [0.1, 0.15) is 20.7 Å². The number of imide groups is 1. The molecular formula is C12H10ClNO4S. The third-order valence-electron chi connectivity index (χ3n) is 2.44. The monoisotopic (exact) mass is 299 g/mol. The van der Waals surface area contributed by atoms with Gasteiger partial charge in [-0.25, -0.2) is 0 Å². The maximum absolute atomic E-state index is 11.6. The summed E-state index contributed by atoms with van der Waals surface area (Å²) in [5.41, 5.74) is 0.772. The Morgan fingerprint density at radius 2 is 2.11 bits per heavy atom. The minimum Gasteiger partial charge on any atom is -0.464 e. The average Bonchev–Trinajstić information content (AvgIpc) is 2.70. The molecular weight excluding hydrogens is 290 g/mol. The molecule has 0 bridgehead atoms. The Morgan fingerprint density at radius 1 is 1.32 bits per heavy atom. The average molecular weight is 300 g/mol. The fraction of sp³-hybridized carbons (Fsp3) is 0.250. The van der Waals surface area contributed by atoms with Crippen molar-refractivity contribution in [2.45, 2.75) is 4.90 Å². The number of amides is 2. The minimum absolute atomic E-state index is 0.178. The van der Waals surface area contributed by atoms with Gasteiger partial charge in [0.2, 0.25) is 0 Å². The summed E-state index contributed by atoms with van der Waals surface area (Å²) in [6.45, 7) is 0.204. The van der Waals surface area contributed by atoms with Crippen molar-refractivity contribution in [2.24, 2.45) is 0 Å². The molecule has 0 saturated carbocycles. The molecule has 1 aromatic rings. The van der Waals surface area contributed by atoms with E-state index in [2.05, 4.69) is 5.32 Å². The van der Waals surface area contributed by atoms with E-state index in [0.717, 1.165) is 0 Å². The van der Waals surface area contributed by atoms with Crippen molar-refractivity contribution in [1.29, 1.82) is 0 Å². The number of alkyl halides is 1. The maximum atomic E-state index is 11.6. The predicted octanol–water partition coefficient (Wildman–Crippen LogP) is 1.44. The second kappa shape index (κ2) is 6.08. The quantitative estimate of drug-likeness (QED) is 0.293. The molecule has 0 saturated heterocycles. The van der Waals surface area contributed by atoms with Crippen molar-refractivity contribution < 1.29 is 19.1 Å². The highest BCUT2D eigenvalue weighted by Gasteiger charge is 2.29. The molecule has 0 radical (unpaired) electrons. The van der Waals surface area contributed by atoms with Gasteiger partial charge in [-0.1, -0.05) is 6.07 Å². The fourth-order valence-corrected chi connectivity index (χ4v) is 2.64. The van der Waals surface area contributed by atoms with E-state index in [1.807, 2.05) is 0 Å². The van der Waals surface area contributed by atoms with Crippen LogP contribution in [0, 0.1) is 0 Å². The highest BCUT2D eigenvalue weighted by Crippen LogP contribution is 2.28. The van der Waals surface area contributed by atoms with E-state index in [-0.39, 0.29) is 24.3 Å². The molecule has 1 N–H and O–H groups in total. The summed E-state index contributed by atoms with van der Waals surface area (Å²) in [4.78, 5) is 34.6. The number of nitrogens with one attached hydrogen (secondary N) is 1. The van der Waals surface area contributed by atoms with Crippen LogP contribution in [0.25, 0.3) is 0 Å². The van der Waals surface area contributed by atoms with Gasteiger partial charge in [0.25, 0.3) is 11.8 Å². The number of carbonyl (C=O) groups is 3. The van der Waals surface area contributed by atoms with E-state index in [9.17, 15) is 14.4 Å². The first-order valence-electron chi connectivity index (χ1n) is 5.46. The number of halogens is 1. The lowest BCUT2D eigenvalue weighted by atomic mass is 10.1. The van der Waals surface area contributed by atoms with Crippen LogP contribution in [0.15, 0.2) is 23.1 Å². The van der Waals surface area contributed by atoms with Crippen LogP contribution >= 0.6 is 23.4 Å². The summed E-state index contributed by atoms with van der Waals surface area (Å²) < 4.78 is 4.82. The van der Waals surface area contributed by atoms with Crippen molar-refractivity contribution >= 4 is 41.1 Å². The highest BCUT2D eigenvalue weighted by molar-refractivity contribution is 7.99. The van der Waals surface area contributed by atoms with Gasteiger partial charge >= 0.3 is 5.97 Å². The Balaban J connectivity index is 2.01. The molecule has 0 aliphatic carbocycles. The van der Waals surface area contributed by atoms with E-state index in [0.29, 0.717) is 21.8 Å². The predicted molar refractivity (Wildman–Crippen MR) is 70.6 cm³/mol. The lowest BCUT2D eigenvalue weighted by Crippen LogP contribution is -2.20. The van der Waals surface area contributed by atoms with Crippen LogP contribution in [0.2, 0.25) is 0 Å². The highest BCUT2D eigenvalue weighted by atomic mass is 35.5. The largest absolute Gasteiger partial charge is 0.464 e. The van der Waals surface area contributed by atoms with Crippen LogP contribution in [0.5, 0.6) is 0 Å². The lowest BCUT2D eigenvalue weighted by molar-refractivity contribution is -0.139. The number of thioether (sulfide) groups is 1. The van der Waals surface area contributed by atoms with Gasteiger partial charge in [-0.15, -0.1) is 23.4 Å². The van der Waals surface area contributed by atoms with Crippen molar-refractivity contribution in [3.8, 4) is 0 Å². The number of hydrogen-bond acceptors (Lipinski definition) is 5. The van der Waals surface area contributed by atoms with Crippen molar-refractivity contribution in [1.82, 2.24) is 5.32 Å². The molecule has 0 unspecified atom stereocenters. The smallest absolute Gasteiger partial charge is 0.320 e. The first-order valence-corrected chi connectivity index (χ1v) is 6.98. The Labute approximate surface area is 118 Å². The number of hydrogen-bond donors (Lipinski definition) is 1. The zero-order chi connectivity index (χ0) is 13.8. The normalized spacial score (nSPS) is 13.1. The molecule has 100 valence electrons. The third kappa shape index (κ3) is 3.08. The Kier molecular flexibility index (Phi) is 4.44. The fourth-order valence-electron chi connectivity index (χ4n) is 1.65. The number of ether oxygens (including phenoxy) is 1. The molecule has 2 amide bonds. The van der Waals surface area contributed by atoms with Gasteiger partial charge in [0.1, 0.15) is 12.5 Å². The first-order chi connectivity index (χ1) is 9.13. The van der Waals surface area contributed by atoms with Crippen LogP contribution in [-0.2, 0) is 9.53 Å². The molecule has 0 atom stereocenters. The zero-order valence-corrected chi connectivity index (χ0v) is 11.3. The van der Waals surface area contributed by atoms with Gasteiger partial charge in [0.05, 0.1) is 11.1 Å². The molecule has 19 heavy (non-hydrogen) atoms. The summed E-state index contributed by atoms with van der Waals surface area (Å²) in [5, 5.41) is 2.25. The number of rotatable bonds is 5. The molecule has 0 fully saturated rings. The summed E-state index contributed by atoms with van der Waals surface area (Å²) in [6, 6.07) is 5.07. The SMILES string of the molecule is O=C(CCl)OCCSc1cccc2c1C(=O)NC2=O.